The third kappa shape index (κ3) is 2.70. The van der Waals surface area contributed by atoms with E-state index in [4.69, 9.17) is 0 Å². The average Bonchev–Trinajstić information content (AvgIpc) is 2.63. The van der Waals surface area contributed by atoms with Crippen LogP contribution in [0.25, 0.3) is 0 Å². The SMILES string of the molecule is CCn1c(O)c(C=Nc2ccc(Br)cc2)sc1=O. The lowest BCUT2D eigenvalue weighted by molar-refractivity contribution is 0.417. The molecular formula is C12H11BrN2O2S. The summed E-state index contributed by atoms with van der Waals surface area (Å²) < 4.78 is 2.29. The summed E-state index contributed by atoms with van der Waals surface area (Å²) >= 11 is 4.33. The lowest BCUT2D eigenvalue weighted by atomic mass is 10.3. The van der Waals surface area contributed by atoms with Crippen LogP contribution >= 0.6 is 27.3 Å². The van der Waals surface area contributed by atoms with Crippen LogP contribution in [0.15, 0.2) is 38.5 Å². The van der Waals surface area contributed by atoms with Gasteiger partial charge in [-0.3, -0.25) is 14.4 Å². The van der Waals surface area contributed by atoms with E-state index < -0.39 is 0 Å². The Morgan fingerprint density at radius 3 is 2.67 bits per heavy atom. The summed E-state index contributed by atoms with van der Waals surface area (Å²) in [6, 6.07) is 7.45. The highest BCUT2D eigenvalue weighted by atomic mass is 79.9. The smallest absolute Gasteiger partial charge is 0.310 e. The zero-order valence-corrected chi connectivity index (χ0v) is 12.0. The van der Waals surface area contributed by atoms with Crippen molar-refractivity contribution in [2.24, 2.45) is 4.99 Å². The first-order valence-electron chi connectivity index (χ1n) is 5.34. The van der Waals surface area contributed by atoms with Crippen LogP contribution in [0.2, 0.25) is 0 Å². The van der Waals surface area contributed by atoms with Crippen molar-refractivity contribution in [3.63, 3.8) is 0 Å². The van der Waals surface area contributed by atoms with Crippen molar-refractivity contribution in [3.8, 4) is 5.88 Å². The lowest BCUT2D eigenvalue weighted by Gasteiger charge is -1.97. The molecule has 0 saturated heterocycles. The zero-order chi connectivity index (χ0) is 13.1. The van der Waals surface area contributed by atoms with E-state index in [0.29, 0.717) is 11.4 Å². The van der Waals surface area contributed by atoms with E-state index in [2.05, 4.69) is 20.9 Å². The molecule has 1 N–H and O–H groups in total. The molecule has 0 amide bonds. The highest BCUT2D eigenvalue weighted by Gasteiger charge is 2.10. The standard InChI is InChI=1S/C12H11BrN2O2S/c1-2-15-11(16)10(18-12(15)17)7-14-9-5-3-8(13)4-6-9/h3-7,16H,2H2,1H3. The Bertz CT molecular complexity index is 629. The summed E-state index contributed by atoms with van der Waals surface area (Å²) in [7, 11) is 0. The summed E-state index contributed by atoms with van der Waals surface area (Å²) in [5, 5.41) is 9.81. The first-order valence-corrected chi connectivity index (χ1v) is 6.95. The highest BCUT2D eigenvalue weighted by molar-refractivity contribution is 9.10. The van der Waals surface area contributed by atoms with E-state index in [1.807, 2.05) is 31.2 Å². The van der Waals surface area contributed by atoms with Gasteiger partial charge in [0.05, 0.1) is 11.9 Å². The summed E-state index contributed by atoms with van der Waals surface area (Å²) in [5.74, 6) is -0.0200. The van der Waals surface area contributed by atoms with Crippen LogP contribution in [-0.4, -0.2) is 15.9 Å². The molecule has 1 aromatic carbocycles. The molecule has 1 heterocycles. The molecule has 0 bridgehead atoms. The maximum absolute atomic E-state index is 11.5. The Morgan fingerprint density at radius 1 is 1.44 bits per heavy atom. The van der Waals surface area contributed by atoms with Crippen molar-refractivity contribution >= 4 is 39.2 Å². The van der Waals surface area contributed by atoms with Crippen molar-refractivity contribution in [2.45, 2.75) is 13.5 Å². The van der Waals surface area contributed by atoms with Crippen LogP contribution < -0.4 is 4.87 Å². The lowest BCUT2D eigenvalue weighted by Crippen LogP contribution is -2.09. The van der Waals surface area contributed by atoms with Crippen molar-refractivity contribution in [1.29, 1.82) is 0 Å². The molecular weight excluding hydrogens is 316 g/mol. The van der Waals surface area contributed by atoms with Gasteiger partial charge in [-0.2, -0.15) is 0 Å². The fourth-order valence-electron chi connectivity index (χ4n) is 1.44. The topological polar surface area (TPSA) is 54.6 Å². The van der Waals surface area contributed by atoms with Gasteiger partial charge in [-0.25, -0.2) is 0 Å². The third-order valence-electron chi connectivity index (χ3n) is 2.37. The molecule has 1 aromatic heterocycles. The Labute approximate surface area is 116 Å². The van der Waals surface area contributed by atoms with Gasteiger partial charge < -0.3 is 5.11 Å². The van der Waals surface area contributed by atoms with Crippen molar-refractivity contribution in [2.75, 3.05) is 0 Å². The molecule has 0 unspecified atom stereocenters. The van der Waals surface area contributed by atoms with Gasteiger partial charge in [-0.15, -0.1) is 0 Å². The maximum Gasteiger partial charge on any atom is 0.310 e. The van der Waals surface area contributed by atoms with Crippen molar-refractivity contribution < 1.29 is 5.11 Å². The quantitative estimate of drug-likeness (QED) is 0.881. The first kappa shape index (κ1) is 13.0. The number of nitrogens with zero attached hydrogens (tertiary/aromatic N) is 2. The monoisotopic (exact) mass is 326 g/mol. The van der Waals surface area contributed by atoms with E-state index in [-0.39, 0.29) is 10.8 Å². The predicted molar refractivity (Wildman–Crippen MR) is 77.3 cm³/mol. The van der Waals surface area contributed by atoms with Gasteiger partial charge in [0.15, 0.2) is 0 Å². The second-order valence-electron chi connectivity index (χ2n) is 3.53. The number of hydrogen-bond acceptors (Lipinski definition) is 4. The van der Waals surface area contributed by atoms with Crippen LogP contribution in [-0.2, 0) is 6.54 Å². The van der Waals surface area contributed by atoms with Crippen LogP contribution in [0.1, 0.15) is 11.8 Å². The zero-order valence-electron chi connectivity index (χ0n) is 9.63. The fourth-order valence-corrected chi connectivity index (χ4v) is 2.52. The van der Waals surface area contributed by atoms with Crippen molar-refractivity contribution in [3.05, 3.63) is 43.3 Å². The Morgan fingerprint density at radius 2 is 2.11 bits per heavy atom. The number of benzene rings is 1. The maximum atomic E-state index is 11.5. The molecule has 94 valence electrons. The van der Waals surface area contributed by atoms with Gasteiger partial charge in [-0.1, -0.05) is 27.3 Å². The largest absolute Gasteiger partial charge is 0.493 e. The number of aliphatic imine (C=N–C) groups is 1. The molecule has 2 aromatic rings. The molecule has 0 spiro atoms. The third-order valence-corrected chi connectivity index (χ3v) is 3.80. The number of rotatable bonds is 3. The molecule has 0 aliphatic carbocycles. The molecule has 0 aliphatic heterocycles. The summed E-state index contributed by atoms with van der Waals surface area (Å²) in [4.78, 5) is 16.0. The first-order chi connectivity index (χ1) is 8.61. The molecule has 0 aliphatic rings. The average molecular weight is 327 g/mol. The van der Waals surface area contributed by atoms with Crippen molar-refractivity contribution in [1.82, 2.24) is 4.57 Å². The molecule has 0 fully saturated rings. The fraction of sp³-hybridized carbons (Fsp3) is 0.167. The number of thiazole rings is 1. The number of halogens is 1. The van der Waals surface area contributed by atoms with Gasteiger partial charge in [0, 0.05) is 11.0 Å². The number of aromatic hydroxyl groups is 1. The minimum Gasteiger partial charge on any atom is -0.493 e. The molecule has 4 nitrogen and oxygen atoms in total. The molecule has 0 saturated carbocycles. The Hall–Kier alpha value is -1.40. The van der Waals surface area contributed by atoms with E-state index in [9.17, 15) is 9.90 Å². The highest BCUT2D eigenvalue weighted by Crippen LogP contribution is 2.20. The summed E-state index contributed by atoms with van der Waals surface area (Å²) in [6.45, 7) is 2.26. The second kappa shape index (κ2) is 5.49. The van der Waals surface area contributed by atoms with Gasteiger partial charge in [0.1, 0.15) is 4.88 Å². The molecule has 2 rings (SSSR count). The van der Waals surface area contributed by atoms with E-state index >= 15 is 0 Å². The minimum absolute atomic E-state index is 0.0200. The molecule has 0 radical (unpaired) electrons. The van der Waals surface area contributed by atoms with Crippen LogP contribution in [0.4, 0.5) is 5.69 Å². The molecule has 18 heavy (non-hydrogen) atoms. The second-order valence-corrected chi connectivity index (χ2v) is 5.44. The summed E-state index contributed by atoms with van der Waals surface area (Å²) in [6.07, 6.45) is 1.51. The van der Waals surface area contributed by atoms with E-state index in [1.54, 1.807) is 0 Å². The van der Waals surface area contributed by atoms with Crippen LogP contribution in [0, 0.1) is 0 Å². The van der Waals surface area contributed by atoms with Gasteiger partial charge in [0.2, 0.25) is 5.88 Å². The number of aromatic nitrogens is 1. The minimum atomic E-state index is -0.174. The van der Waals surface area contributed by atoms with Gasteiger partial charge in [-0.05, 0) is 31.2 Å². The number of hydrogen-bond donors (Lipinski definition) is 1. The molecule has 0 atom stereocenters. The predicted octanol–water partition coefficient (Wildman–Crippen LogP) is 3.15. The van der Waals surface area contributed by atoms with Gasteiger partial charge >= 0.3 is 4.87 Å². The Balaban J connectivity index is 2.29. The van der Waals surface area contributed by atoms with E-state index in [0.717, 1.165) is 21.5 Å². The normalized spacial score (nSPS) is 11.2. The summed E-state index contributed by atoms with van der Waals surface area (Å²) in [5.41, 5.74) is 0.765. The van der Waals surface area contributed by atoms with Crippen LogP contribution in [0.3, 0.4) is 0 Å². The van der Waals surface area contributed by atoms with Crippen LogP contribution in [0.5, 0.6) is 5.88 Å². The van der Waals surface area contributed by atoms with Gasteiger partial charge in [0.25, 0.3) is 0 Å². The van der Waals surface area contributed by atoms with E-state index in [1.165, 1.54) is 10.8 Å². The Kier molecular flexibility index (Phi) is 3.98. The molecule has 6 heteroatoms.